The smallest absolute Gasteiger partial charge is 0.337 e. The Morgan fingerprint density at radius 1 is 1.40 bits per heavy atom. The zero-order chi connectivity index (χ0) is 11.0. The summed E-state index contributed by atoms with van der Waals surface area (Å²) in [6.07, 6.45) is 0.646. The van der Waals surface area contributed by atoms with E-state index in [-0.39, 0.29) is 16.2 Å². The van der Waals surface area contributed by atoms with Crippen LogP contribution >= 0.6 is 23.2 Å². The zero-order valence-corrected chi connectivity index (χ0v) is 9.26. The highest BCUT2D eigenvalue weighted by Gasteiger charge is 2.11. The summed E-state index contributed by atoms with van der Waals surface area (Å²) in [6, 6.07) is 1.38. The average molecular weight is 245 g/mol. The number of halogens is 2. The monoisotopic (exact) mass is 244 g/mol. The van der Waals surface area contributed by atoms with Crippen LogP contribution in [0.4, 0.5) is 0 Å². The fourth-order valence-electron chi connectivity index (χ4n) is 1.35. The van der Waals surface area contributed by atoms with Crippen LogP contribution in [-0.2, 0) is 6.42 Å². The van der Waals surface area contributed by atoms with Crippen molar-refractivity contribution in [1.29, 1.82) is 0 Å². The zero-order valence-electron chi connectivity index (χ0n) is 7.75. The van der Waals surface area contributed by atoms with Crippen LogP contribution in [0.15, 0.2) is 15.3 Å². The van der Waals surface area contributed by atoms with Gasteiger partial charge in [-0.3, -0.25) is 0 Å². The van der Waals surface area contributed by atoms with Crippen LogP contribution in [0.25, 0.3) is 11.1 Å². The molecular weight excluding hydrogens is 239 g/mol. The minimum Gasteiger partial charge on any atom is -0.403 e. The minimum absolute atomic E-state index is 0.0381. The normalized spacial score (nSPS) is 10.9. The Bertz CT molecular complexity index is 580. The summed E-state index contributed by atoms with van der Waals surface area (Å²) < 4.78 is 4.89. The van der Waals surface area contributed by atoms with E-state index >= 15 is 0 Å². The van der Waals surface area contributed by atoms with Gasteiger partial charge in [-0.1, -0.05) is 18.5 Å². The van der Waals surface area contributed by atoms with E-state index in [2.05, 4.69) is 9.97 Å². The quantitative estimate of drug-likeness (QED) is 0.572. The summed E-state index contributed by atoms with van der Waals surface area (Å²) in [5, 5.41) is 0.706. The van der Waals surface area contributed by atoms with E-state index in [1.165, 1.54) is 6.07 Å². The Balaban J connectivity index is 2.96. The predicted octanol–water partition coefficient (Wildman–Crippen LogP) is 2.45. The number of aryl methyl sites for hydroxylation is 1. The van der Waals surface area contributed by atoms with Gasteiger partial charge in [-0.05, 0) is 23.6 Å². The van der Waals surface area contributed by atoms with E-state index in [1.54, 1.807) is 0 Å². The topological polar surface area (TPSA) is 56.0 Å². The fraction of sp³-hybridized carbons (Fsp3) is 0.222. The van der Waals surface area contributed by atoms with Crippen LogP contribution in [0.3, 0.4) is 0 Å². The Labute approximate surface area is 94.9 Å². The molecule has 0 amide bonds. The van der Waals surface area contributed by atoms with Crippen molar-refractivity contribution in [2.45, 2.75) is 13.3 Å². The summed E-state index contributed by atoms with van der Waals surface area (Å²) in [5.74, 6) is 0. The summed E-state index contributed by atoms with van der Waals surface area (Å²) >= 11 is 11.5. The highest BCUT2D eigenvalue weighted by Crippen LogP contribution is 2.24. The first-order valence-electron chi connectivity index (χ1n) is 4.27. The third-order valence-electron chi connectivity index (χ3n) is 2.00. The van der Waals surface area contributed by atoms with Crippen molar-refractivity contribution >= 4 is 34.3 Å². The molecule has 0 fully saturated rings. The number of hydrogen-bond acceptors (Lipinski definition) is 4. The molecule has 6 heteroatoms. The minimum atomic E-state index is -0.467. The lowest BCUT2D eigenvalue weighted by molar-refractivity contribution is 0.547. The van der Waals surface area contributed by atoms with Gasteiger partial charge in [0.15, 0.2) is 0 Å². The van der Waals surface area contributed by atoms with Gasteiger partial charge in [-0.25, -0.2) is 9.78 Å². The second-order valence-corrected chi connectivity index (χ2v) is 3.60. The molecular formula is C9H6Cl2N2O2. The van der Waals surface area contributed by atoms with Crippen molar-refractivity contribution in [2.75, 3.05) is 0 Å². The van der Waals surface area contributed by atoms with Crippen molar-refractivity contribution in [3.63, 3.8) is 0 Å². The van der Waals surface area contributed by atoms with Crippen molar-refractivity contribution in [2.24, 2.45) is 0 Å². The second-order valence-electron chi connectivity index (χ2n) is 2.91. The van der Waals surface area contributed by atoms with E-state index in [0.29, 0.717) is 11.8 Å². The van der Waals surface area contributed by atoms with Gasteiger partial charge >= 0.3 is 5.63 Å². The molecule has 2 heterocycles. The second kappa shape index (κ2) is 3.79. The molecule has 2 aromatic rings. The average Bonchev–Trinajstić information content (AvgIpc) is 2.14. The van der Waals surface area contributed by atoms with E-state index in [4.69, 9.17) is 27.6 Å². The van der Waals surface area contributed by atoms with Crippen molar-refractivity contribution in [3.8, 4) is 0 Å². The Morgan fingerprint density at radius 3 is 2.80 bits per heavy atom. The van der Waals surface area contributed by atoms with Gasteiger partial charge in [0, 0.05) is 6.07 Å². The SMILES string of the molecule is CCc1cc(=O)oc2nc(Cl)nc(Cl)c12. The number of hydrogen-bond donors (Lipinski definition) is 0. The molecule has 0 aliphatic carbocycles. The Hall–Kier alpha value is -1.13. The summed E-state index contributed by atoms with van der Waals surface area (Å²) in [7, 11) is 0. The molecule has 0 unspecified atom stereocenters. The first kappa shape index (κ1) is 10.4. The van der Waals surface area contributed by atoms with Gasteiger partial charge in [0.25, 0.3) is 0 Å². The third-order valence-corrected chi connectivity index (χ3v) is 2.44. The molecule has 0 radical (unpaired) electrons. The fourth-order valence-corrected chi connectivity index (χ4v) is 1.84. The van der Waals surface area contributed by atoms with Crippen LogP contribution in [0.2, 0.25) is 10.4 Å². The largest absolute Gasteiger partial charge is 0.403 e. The van der Waals surface area contributed by atoms with Gasteiger partial charge in [0.1, 0.15) is 5.15 Å². The molecule has 4 nitrogen and oxygen atoms in total. The number of nitrogens with zero attached hydrogens (tertiary/aromatic N) is 2. The van der Waals surface area contributed by atoms with Gasteiger partial charge in [0.05, 0.1) is 5.39 Å². The number of fused-ring (bicyclic) bond motifs is 1. The van der Waals surface area contributed by atoms with Crippen molar-refractivity contribution in [1.82, 2.24) is 9.97 Å². The third kappa shape index (κ3) is 1.82. The van der Waals surface area contributed by atoms with Crippen LogP contribution in [0.5, 0.6) is 0 Å². The molecule has 0 N–H and O–H groups in total. The van der Waals surface area contributed by atoms with Crippen LogP contribution in [0.1, 0.15) is 12.5 Å². The number of aromatic nitrogens is 2. The summed E-state index contributed by atoms with van der Waals surface area (Å²) in [6.45, 7) is 1.90. The molecule has 15 heavy (non-hydrogen) atoms. The maximum Gasteiger partial charge on any atom is 0.337 e. The molecule has 78 valence electrons. The van der Waals surface area contributed by atoms with Gasteiger partial charge in [-0.2, -0.15) is 4.98 Å². The Kier molecular flexibility index (Phi) is 2.63. The van der Waals surface area contributed by atoms with Gasteiger partial charge in [0.2, 0.25) is 11.0 Å². The van der Waals surface area contributed by atoms with Crippen LogP contribution in [-0.4, -0.2) is 9.97 Å². The van der Waals surface area contributed by atoms with E-state index in [0.717, 1.165) is 5.56 Å². The molecule has 0 bridgehead atoms. The van der Waals surface area contributed by atoms with E-state index in [9.17, 15) is 4.79 Å². The maximum atomic E-state index is 11.2. The molecule has 2 rings (SSSR count). The molecule has 0 spiro atoms. The Morgan fingerprint density at radius 2 is 2.13 bits per heavy atom. The van der Waals surface area contributed by atoms with Crippen molar-refractivity contribution in [3.05, 3.63) is 32.5 Å². The lowest BCUT2D eigenvalue weighted by Crippen LogP contribution is -2.02. The summed E-state index contributed by atoms with van der Waals surface area (Å²) in [4.78, 5) is 18.8. The molecule has 0 aliphatic rings. The highest BCUT2D eigenvalue weighted by atomic mass is 35.5. The molecule has 0 aromatic carbocycles. The van der Waals surface area contributed by atoms with Crippen LogP contribution in [0, 0.1) is 0 Å². The first-order chi connectivity index (χ1) is 7.11. The highest BCUT2D eigenvalue weighted by molar-refractivity contribution is 6.35. The molecule has 2 aromatic heterocycles. The van der Waals surface area contributed by atoms with Crippen molar-refractivity contribution < 1.29 is 4.42 Å². The molecule has 0 saturated heterocycles. The molecule has 0 aliphatic heterocycles. The predicted molar refractivity (Wildman–Crippen MR) is 57.5 cm³/mol. The lowest BCUT2D eigenvalue weighted by atomic mass is 10.1. The molecule has 0 saturated carbocycles. The van der Waals surface area contributed by atoms with Gasteiger partial charge in [-0.15, -0.1) is 0 Å². The van der Waals surface area contributed by atoms with E-state index < -0.39 is 5.63 Å². The summed E-state index contributed by atoms with van der Waals surface area (Å²) in [5.41, 5.74) is 0.414. The number of rotatable bonds is 1. The van der Waals surface area contributed by atoms with E-state index in [1.807, 2.05) is 6.92 Å². The van der Waals surface area contributed by atoms with Gasteiger partial charge < -0.3 is 4.42 Å². The lowest BCUT2D eigenvalue weighted by Gasteiger charge is -2.03. The first-order valence-corrected chi connectivity index (χ1v) is 5.03. The van der Waals surface area contributed by atoms with Crippen LogP contribution < -0.4 is 5.63 Å². The standard InChI is InChI=1S/C9H6Cl2N2O2/c1-2-4-3-5(14)15-8-6(4)7(10)12-9(11)13-8/h3H,2H2,1H3. The maximum absolute atomic E-state index is 11.2. The molecule has 0 atom stereocenters.